The topological polar surface area (TPSA) is 9.23 Å². The van der Waals surface area contributed by atoms with Gasteiger partial charge in [0.05, 0.1) is 0 Å². The van der Waals surface area contributed by atoms with Crippen LogP contribution in [-0.2, 0) is 4.74 Å². The summed E-state index contributed by atoms with van der Waals surface area (Å²) in [5, 5.41) is 0. The summed E-state index contributed by atoms with van der Waals surface area (Å²) < 4.78 is 5.57. The van der Waals surface area contributed by atoms with E-state index in [4.69, 9.17) is 4.74 Å². The summed E-state index contributed by atoms with van der Waals surface area (Å²) in [4.78, 5) is 0. The highest BCUT2D eigenvalue weighted by atomic mass is 16.5. The van der Waals surface area contributed by atoms with E-state index in [1.165, 1.54) is 89.9 Å². The molecule has 0 bridgehead atoms. The van der Waals surface area contributed by atoms with E-state index in [1.54, 1.807) is 0 Å². The van der Waals surface area contributed by atoms with Crippen molar-refractivity contribution in [3.63, 3.8) is 0 Å². The molecule has 0 aliphatic heterocycles. The highest BCUT2D eigenvalue weighted by Gasteiger charge is 1.94. The van der Waals surface area contributed by atoms with Gasteiger partial charge in [-0.15, -0.1) is 0 Å². The Morgan fingerprint density at radius 3 is 1.40 bits per heavy atom. The third kappa shape index (κ3) is 18.0. The third-order valence-corrected chi connectivity index (χ3v) is 3.93. The van der Waals surface area contributed by atoms with Crippen LogP contribution in [0.4, 0.5) is 0 Å². The van der Waals surface area contributed by atoms with Crippen molar-refractivity contribution in [3.8, 4) is 0 Å². The van der Waals surface area contributed by atoms with Crippen molar-refractivity contribution >= 4 is 0 Å². The fourth-order valence-electron chi connectivity index (χ4n) is 2.50. The van der Waals surface area contributed by atoms with E-state index >= 15 is 0 Å². The summed E-state index contributed by atoms with van der Waals surface area (Å²) in [6.45, 7) is 8.04. The maximum atomic E-state index is 5.57. The Labute approximate surface area is 128 Å². The monoisotopic (exact) mass is 283 g/mol. The summed E-state index contributed by atoms with van der Waals surface area (Å²) in [6.07, 6.45) is 20.4. The van der Waals surface area contributed by atoms with Gasteiger partial charge in [-0.1, -0.05) is 97.3 Å². The minimum atomic E-state index is 0.964. The summed E-state index contributed by atoms with van der Waals surface area (Å²) in [7, 11) is 0. The zero-order valence-electron chi connectivity index (χ0n) is 14.1. The Hall–Kier alpha value is -0.0400. The van der Waals surface area contributed by atoms with E-state index in [9.17, 15) is 0 Å². The van der Waals surface area contributed by atoms with Gasteiger partial charge in [-0.2, -0.15) is 0 Å². The Kier molecular flexibility index (Phi) is 18.9. The molecule has 0 aliphatic carbocycles. The first-order valence-electron chi connectivity index (χ1n) is 9.28. The van der Waals surface area contributed by atoms with Gasteiger partial charge in [0.1, 0.15) is 0 Å². The first-order valence-corrected chi connectivity index (χ1v) is 9.28. The lowest BCUT2D eigenvalue weighted by Gasteiger charge is -2.04. The van der Waals surface area contributed by atoms with Gasteiger partial charge < -0.3 is 4.74 Å². The van der Waals surface area contributed by atoms with Crippen molar-refractivity contribution in [2.75, 3.05) is 13.2 Å². The van der Waals surface area contributed by atoms with Crippen LogP contribution in [0.2, 0.25) is 0 Å². The van der Waals surface area contributed by atoms with E-state index in [-0.39, 0.29) is 0 Å². The van der Waals surface area contributed by atoms with Crippen molar-refractivity contribution < 1.29 is 4.74 Å². The molecule has 0 unspecified atom stereocenters. The molecule has 0 saturated carbocycles. The lowest BCUT2D eigenvalue weighted by molar-refractivity contribution is 0.127. The number of hydrogen-bond acceptors (Lipinski definition) is 1. The fourth-order valence-corrected chi connectivity index (χ4v) is 2.50. The molecule has 0 fully saturated rings. The maximum Gasteiger partial charge on any atom is 0.0466 e. The van der Waals surface area contributed by atoms with Crippen LogP contribution >= 0.6 is 0 Å². The standard InChI is InChI=1S/C19H39O/c1-3-5-7-8-9-10-11-12-13-14-15-16-17-19-20-18-6-4-2/h1,3-19H2,2H3. The van der Waals surface area contributed by atoms with Crippen molar-refractivity contribution in [3.05, 3.63) is 6.92 Å². The molecular weight excluding hydrogens is 244 g/mol. The van der Waals surface area contributed by atoms with E-state index in [2.05, 4.69) is 13.8 Å². The van der Waals surface area contributed by atoms with Crippen LogP contribution in [0.5, 0.6) is 0 Å². The molecule has 0 aliphatic rings. The molecule has 0 aromatic heterocycles. The van der Waals surface area contributed by atoms with Crippen LogP contribution in [-0.4, -0.2) is 13.2 Å². The second-order valence-corrected chi connectivity index (χ2v) is 6.06. The van der Waals surface area contributed by atoms with Crippen LogP contribution in [0.3, 0.4) is 0 Å². The second kappa shape index (κ2) is 19.0. The molecular formula is C19H39O. The predicted molar refractivity (Wildman–Crippen MR) is 91.1 cm³/mol. The van der Waals surface area contributed by atoms with Gasteiger partial charge >= 0.3 is 0 Å². The van der Waals surface area contributed by atoms with Crippen molar-refractivity contribution in [2.24, 2.45) is 0 Å². The highest BCUT2D eigenvalue weighted by molar-refractivity contribution is 4.49. The minimum Gasteiger partial charge on any atom is -0.381 e. The summed E-state index contributed by atoms with van der Waals surface area (Å²) >= 11 is 0. The molecule has 0 rings (SSSR count). The molecule has 0 N–H and O–H groups in total. The van der Waals surface area contributed by atoms with Crippen LogP contribution in [0.1, 0.15) is 103 Å². The largest absolute Gasteiger partial charge is 0.381 e. The average Bonchev–Trinajstić information content (AvgIpc) is 2.47. The summed E-state index contributed by atoms with van der Waals surface area (Å²) in [5.41, 5.74) is 0. The van der Waals surface area contributed by atoms with Crippen LogP contribution in [0.15, 0.2) is 0 Å². The van der Waals surface area contributed by atoms with Gasteiger partial charge in [0.2, 0.25) is 0 Å². The fraction of sp³-hybridized carbons (Fsp3) is 0.947. The van der Waals surface area contributed by atoms with E-state index < -0.39 is 0 Å². The van der Waals surface area contributed by atoms with E-state index in [0.29, 0.717) is 0 Å². The van der Waals surface area contributed by atoms with E-state index in [1.807, 2.05) is 0 Å². The van der Waals surface area contributed by atoms with Gasteiger partial charge in [0.15, 0.2) is 0 Å². The zero-order valence-corrected chi connectivity index (χ0v) is 14.1. The summed E-state index contributed by atoms with van der Waals surface area (Å²) in [5.74, 6) is 0. The third-order valence-electron chi connectivity index (χ3n) is 3.93. The number of unbranched alkanes of at least 4 members (excludes halogenated alkanes) is 13. The van der Waals surface area contributed by atoms with Crippen molar-refractivity contribution in [2.45, 2.75) is 103 Å². The molecule has 0 saturated heterocycles. The maximum absolute atomic E-state index is 5.57. The second-order valence-electron chi connectivity index (χ2n) is 6.06. The molecule has 0 aromatic rings. The first-order chi connectivity index (χ1) is 9.91. The van der Waals surface area contributed by atoms with Gasteiger partial charge in [-0.3, -0.25) is 0 Å². The molecule has 121 valence electrons. The Morgan fingerprint density at radius 2 is 0.950 bits per heavy atom. The number of rotatable bonds is 17. The Balaban J connectivity index is 2.89. The van der Waals surface area contributed by atoms with Gasteiger partial charge in [0, 0.05) is 13.2 Å². The zero-order chi connectivity index (χ0) is 14.7. The molecule has 0 atom stereocenters. The van der Waals surface area contributed by atoms with Crippen LogP contribution < -0.4 is 0 Å². The Bertz CT molecular complexity index is 138. The molecule has 0 spiro atoms. The molecule has 0 aromatic carbocycles. The lowest BCUT2D eigenvalue weighted by Crippen LogP contribution is -1.96. The lowest BCUT2D eigenvalue weighted by atomic mass is 10.0. The number of ether oxygens (including phenoxy) is 1. The SMILES string of the molecule is [CH2]CCCCCCCCCCCCCCOCCCC. The molecule has 0 amide bonds. The van der Waals surface area contributed by atoms with Gasteiger partial charge in [-0.05, 0) is 12.8 Å². The molecule has 1 heteroatoms. The molecule has 1 radical (unpaired) electrons. The number of hydrogen-bond donors (Lipinski definition) is 0. The van der Waals surface area contributed by atoms with Gasteiger partial charge in [0.25, 0.3) is 0 Å². The highest BCUT2D eigenvalue weighted by Crippen LogP contribution is 2.12. The summed E-state index contributed by atoms with van der Waals surface area (Å²) in [6, 6.07) is 0. The van der Waals surface area contributed by atoms with Crippen molar-refractivity contribution in [1.29, 1.82) is 0 Å². The van der Waals surface area contributed by atoms with Gasteiger partial charge in [-0.25, -0.2) is 0 Å². The average molecular weight is 284 g/mol. The normalized spacial score (nSPS) is 11.1. The van der Waals surface area contributed by atoms with Crippen molar-refractivity contribution in [1.82, 2.24) is 0 Å². The molecule has 0 heterocycles. The minimum absolute atomic E-state index is 0.964. The smallest absolute Gasteiger partial charge is 0.0466 e. The first kappa shape index (κ1) is 20.0. The van der Waals surface area contributed by atoms with E-state index in [0.717, 1.165) is 19.6 Å². The molecule has 20 heavy (non-hydrogen) atoms. The predicted octanol–water partition coefficient (Wildman–Crippen LogP) is 6.71. The van der Waals surface area contributed by atoms with Crippen LogP contribution in [0.25, 0.3) is 0 Å². The Morgan fingerprint density at radius 1 is 0.550 bits per heavy atom. The molecule has 1 nitrogen and oxygen atoms in total. The quantitative estimate of drug-likeness (QED) is 0.270. The van der Waals surface area contributed by atoms with Crippen LogP contribution in [0, 0.1) is 6.92 Å².